The second kappa shape index (κ2) is 9.04. The molecule has 0 heterocycles. The summed E-state index contributed by atoms with van der Waals surface area (Å²) in [5.74, 6) is -0.0586. The Bertz CT molecular complexity index is 517. The maximum Gasteiger partial charge on any atom is 0.279 e. The molecule has 0 spiro atoms. The van der Waals surface area contributed by atoms with Gasteiger partial charge in [-0.2, -0.15) is 0 Å². The first-order valence-corrected chi connectivity index (χ1v) is 7.34. The molecule has 1 rings (SSSR count). The van der Waals surface area contributed by atoms with E-state index in [1.54, 1.807) is 6.92 Å². The predicted octanol–water partition coefficient (Wildman–Crippen LogP) is 1.64. The maximum atomic E-state index is 11.9. The van der Waals surface area contributed by atoms with Crippen LogP contribution in [0.4, 0.5) is 0 Å². The van der Waals surface area contributed by atoms with E-state index in [-0.39, 0.29) is 12.3 Å². The Balaban J connectivity index is 2.42. The molecule has 0 saturated carbocycles. The highest BCUT2D eigenvalue weighted by molar-refractivity contribution is 5.84. The molecule has 2 N–H and O–H groups in total. The maximum absolute atomic E-state index is 11.9. The Morgan fingerprint density at radius 1 is 1.23 bits per heavy atom. The Morgan fingerprint density at radius 3 is 2.64 bits per heavy atom. The monoisotopic (exact) mass is 308 g/mol. The average Bonchev–Trinajstić information content (AvgIpc) is 2.48. The van der Waals surface area contributed by atoms with Gasteiger partial charge in [0, 0.05) is 6.61 Å². The molecule has 0 saturated heterocycles. The first-order valence-electron chi connectivity index (χ1n) is 7.34. The fourth-order valence-electron chi connectivity index (χ4n) is 1.68. The molecular formula is C16H24N2O4. The highest BCUT2D eigenvalue weighted by Crippen LogP contribution is 2.20. The molecule has 6 heteroatoms. The van der Waals surface area contributed by atoms with E-state index in [0.717, 1.165) is 11.1 Å². The number of benzene rings is 1. The average molecular weight is 308 g/mol. The molecule has 0 aromatic heterocycles. The number of ether oxygens (including phenoxy) is 2. The topological polar surface area (TPSA) is 76.7 Å². The Hall–Kier alpha value is -2.08. The minimum absolute atomic E-state index is 0.195. The van der Waals surface area contributed by atoms with Gasteiger partial charge in [0.1, 0.15) is 5.75 Å². The van der Waals surface area contributed by atoms with E-state index in [2.05, 4.69) is 10.9 Å². The largest absolute Gasteiger partial charge is 0.481 e. The van der Waals surface area contributed by atoms with Crippen LogP contribution in [-0.4, -0.2) is 31.1 Å². The molecule has 1 atom stereocenters. The van der Waals surface area contributed by atoms with Crippen LogP contribution in [0.15, 0.2) is 18.2 Å². The summed E-state index contributed by atoms with van der Waals surface area (Å²) in [5.41, 5.74) is 6.68. The smallest absolute Gasteiger partial charge is 0.279 e. The van der Waals surface area contributed by atoms with Crippen LogP contribution in [0.2, 0.25) is 0 Å². The number of hydrogen-bond acceptors (Lipinski definition) is 4. The van der Waals surface area contributed by atoms with Gasteiger partial charge in [-0.3, -0.25) is 20.4 Å². The van der Waals surface area contributed by atoms with Crippen LogP contribution in [0.25, 0.3) is 0 Å². The van der Waals surface area contributed by atoms with Crippen molar-refractivity contribution < 1.29 is 19.1 Å². The van der Waals surface area contributed by atoms with Crippen LogP contribution in [0, 0.1) is 13.8 Å². The van der Waals surface area contributed by atoms with Crippen LogP contribution in [0.3, 0.4) is 0 Å². The van der Waals surface area contributed by atoms with Crippen molar-refractivity contribution in [2.24, 2.45) is 0 Å². The molecule has 0 fully saturated rings. The molecule has 122 valence electrons. The van der Waals surface area contributed by atoms with E-state index < -0.39 is 12.0 Å². The van der Waals surface area contributed by atoms with E-state index >= 15 is 0 Å². The number of carbonyl (C=O) groups excluding carboxylic acids is 2. The van der Waals surface area contributed by atoms with Gasteiger partial charge in [0.15, 0.2) is 6.10 Å². The van der Waals surface area contributed by atoms with Gasteiger partial charge in [0.2, 0.25) is 5.91 Å². The van der Waals surface area contributed by atoms with E-state index in [4.69, 9.17) is 9.47 Å². The highest BCUT2D eigenvalue weighted by atomic mass is 16.5. The van der Waals surface area contributed by atoms with Crippen LogP contribution >= 0.6 is 0 Å². The number of aryl methyl sites for hydroxylation is 2. The fourth-order valence-corrected chi connectivity index (χ4v) is 1.68. The van der Waals surface area contributed by atoms with Crippen molar-refractivity contribution in [1.29, 1.82) is 0 Å². The third kappa shape index (κ3) is 6.13. The van der Waals surface area contributed by atoms with Gasteiger partial charge in [-0.25, -0.2) is 0 Å². The van der Waals surface area contributed by atoms with Crippen molar-refractivity contribution in [2.45, 2.75) is 40.2 Å². The summed E-state index contributed by atoms with van der Waals surface area (Å²) >= 11 is 0. The molecule has 2 amide bonds. The SMILES string of the molecule is CCOCCC(=O)NNC(=O)C(C)Oc1cc(C)ccc1C. The van der Waals surface area contributed by atoms with Crippen molar-refractivity contribution in [3.05, 3.63) is 29.3 Å². The lowest BCUT2D eigenvalue weighted by Crippen LogP contribution is -2.47. The lowest BCUT2D eigenvalue weighted by atomic mass is 10.1. The lowest BCUT2D eigenvalue weighted by Gasteiger charge is -2.17. The number of hydrogen-bond donors (Lipinski definition) is 2. The van der Waals surface area contributed by atoms with E-state index in [9.17, 15) is 9.59 Å². The lowest BCUT2D eigenvalue weighted by molar-refractivity contribution is -0.133. The number of rotatable bonds is 7. The molecule has 1 aromatic carbocycles. The van der Waals surface area contributed by atoms with Crippen LogP contribution in [-0.2, 0) is 14.3 Å². The van der Waals surface area contributed by atoms with E-state index in [1.807, 2.05) is 39.0 Å². The van der Waals surface area contributed by atoms with Gasteiger partial charge in [-0.1, -0.05) is 12.1 Å². The minimum Gasteiger partial charge on any atom is -0.481 e. The molecular weight excluding hydrogens is 284 g/mol. The summed E-state index contributed by atoms with van der Waals surface area (Å²) in [4.78, 5) is 23.4. The van der Waals surface area contributed by atoms with Gasteiger partial charge >= 0.3 is 0 Å². The van der Waals surface area contributed by atoms with E-state index in [1.165, 1.54) is 0 Å². The molecule has 22 heavy (non-hydrogen) atoms. The third-order valence-corrected chi connectivity index (χ3v) is 3.02. The molecule has 6 nitrogen and oxygen atoms in total. The quantitative estimate of drug-likeness (QED) is 0.593. The standard InChI is InChI=1S/C16H24N2O4/c1-5-21-9-8-15(19)17-18-16(20)13(4)22-14-10-11(2)6-7-12(14)3/h6-7,10,13H,5,8-9H2,1-4H3,(H,17,19)(H,18,20). The fraction of sp³-hybridized carbons (Fsp3) is 0.500. The zero-order valence-electron chi connectivity index (χ0n) is 13.6. The summed E-state index contributed by atoms with van der Waals surface area (Å²) in [6, 6.07) is 5.79. The van der Waals surface area contributed by atoms with Crippen LogP contribution in [0.5, 0.6) is 5.75 Å². The first-order chi connectivity index (χ1) is 10.4. The molecule has 0 aliphatic rings. The molecule has 0 radical (unpaired) electrons. The number of nitrogens with one attached hydrogen (secondary N) is 2. The minimum atomic E-state index is -0.715. The third-order valence-electron chi connectivity index (χ3n) is 3.02. The van der Waals surface area contributed by atoms with Crippen molar-refractivity contribution >= 4 is 11.8 Å². The second-order valence-corrected chi connectivity index (χ2v) is 5.01. The first kappa shape index (κ1) is 18.0. The summed E-state index contributed by atoms with van der Waals surface area (Å²) in [7, 11) is 0. The Labute approximate surface area is 131 Å². The van der Waals surface area contributed by atoms with Crippen molar-refractivity contribution in [2.75, 3.05) is 13.2 Å². The predicted molar refractivity (Wildman–Crippen MR) is 83.4 cm³/mol. The summed E-state index contributed by atoms with van der Waals surface area (Å²) in [6.45, 7) is 8.23. The Morgan fingerprint density at radius 2 is 1.95 bits per heavy atom. The van der Waals surface area contributed by atoms with Crippen molar-refractivity contribution in [3.8, 4) is 5.75 Å². The summed E-state index contributed by atoms with van der Waals surface area (Å²) < 4.78 is 10.7. The number of amides is 2. The second-order valence-electron chi connectivity index (χ2n) is 5.01. The molecule has 1 aromatic rings. The zero-order chi connectivity index (χ0) is 16.5. The van der Waals surface area contributed by atoms with Gasteiger partial charge in [0.05, 0.1) is 13.0 Å². The van der Waals surface area contributed by atoms with Crippen LogP contribution in [0.1, 0.15) is 31.4 Å². The van der Waals surface area contributed by atoms with Crippen molar-refractivity contribution in [1.82, 2.24) is 10.9 Å². The highest BCUT2D eigenvalue weighted by Gasteiger charge is 2.16. The zero-order valence-corrected chi connectivity index (χ0v) is 13.6. The van der Waals surface area contributed by atoms with Crippen LogP contribution < -0.4 is 15.6 Å². The molecule has 1 unspecified atom stereocenters. The van der Waals surface area contributed by atoms with E-state index in [0.29, 0.717) is 19.0 Å². The van der Waals surface area contributed by atoms with Gasteiger partial charge in [-0.05, 0) is 44.9 Å². The molecule has 0 bridgehead atoms. The number of carbonyl (C=O) groups is 2. The van der Waals surface area contributed by atoms with Crippen molar-refractivity contribution in [3.63, 3.8) is 0 Å². The van der Waals surface area contributed by atoms with Gasteiger partial charge < -0.3 is 9.47 Å². The molecule has 0 aliphatic carbocycles. The van der Waals surface area contributed by atoms with Gasteiger partial charge in [0.25, 0.3) is 5.91 Å². The molecule has 0 aliphatic heterocycles. The Kier molecular flexibility index (Phi) is 7.39. The number of hydrazine groups is 1. The normalized spacial score (nSPS) is 11.6. The van der Waals surface area contributed by atoms with Gasteiger partial charge in [-0.15, -0.1) is 0 Å². The summed E-state index contributed by atoms with van der Waals surface area (Å²) in [5, 5.41) is 0. The summed E-state index contributed by atoms with van der Waals surface area (Å²) in [6.07, 6.45) is -0.520.